The normalized spacial score (nSPS) is 13.0. The van der Waals surface area contributed by atoms with Crippen molar-refractivity contribution in [2.24, 2.45) is 0 Å². The van der Waals surface area contributed by atoms with Gasteiger partial charge in [0.1, 0.15) is 5.52 Å². The first-order valence-electron chi connectivity index (χ1n) is 6.46. The van der Waals surface area contributed by atoms with E-state index in [0.717, 1.165) is 25.8 Å². The molecular formula is C13H20N4O. The van der Waals surface area contributed by atoms with Crippen LogP contribution in [0.15, 0.2) is 29.5 Å². The molecule has 0 spiro atoms. The van der Waals surface area contributed by atoms with Gasteiger partial charge in [0, 0.05) is 25.0 Å². The maximum absolute atomic E-state index is 12.1. The van der Waals surface area contributed by atoms with Crippen LogP contribution >= 0.6 is 0 Å². The highest BCUT2D eigenvalue weighted by molar-refractivity contribution is 5.42. The minimum Gasteiger partial charge on any atom is -0.317 e. The van der Waals surface area contributed by atoms with Crippen molar-refractivity contribution < 1.29 is 0 Å². The molecule has 0 aliphatic heterocycles. The summed E-state index contributed by atoms with van der Waals surface area (Å²) in [4.78, 5) is 12.1. The zero-order chi connectivity index (χ0) is 13.0. The van der Waals surface area contributed by atoms with Crippen molar-refractivity contribution in [2.45, 2.75) is 38.8 Å². The average Bonchev–Trinajstić information content (AvgIpc) is 2.86. The van der Waals surface area contributed by atoms with E-state index in [2.05, 4.69) is 17.3 Å². The van der Waals surface area contributed by atoms with Crippen LogP contribution in [0.3, 0.4) is 0 Å². The molecule has 0 aliphatic rings. The van der Waals surface area contributed by atoms with Crippen molar-refractivity contribution >= 4 is 5.52 Å². The first-order chi connectivity index (χ1) is 8.76. The molecule has 0 saturated carbocycles. The summed E-state index contributed by atoms with van der Waals surface area (Å²) >= 11 is 0. The van der Waals surface area contributed by atoms with Crippen LogP contribution in [0.1, 0.15) is 26.2 Å². The van der Waals surface area contributed by atoms with Crippen molar-refractivity contribution in [3.63, 3.8) is 0 Å². The summed E-state index contributed by atoms with van der Waals surface area (Å²) < 4.78 is 3.38. The second-order valence-corrected chi connectivity index (χ2v) is 4.49. The molecule has 0 aromatic carbocycles. The third-order valence-electron chi connectivity index (χ3n) is 3.39. The highest BCUT2D eigenvalue weighted by Crippen LogP contribution is 2.03. The van der Waals surface area contributed by atoms with Crippen molar-refractivity contribution in [3.05, 3.63) is 35.0 Å². The fourth-order valence-electron chi connectivity index (χ4n) is 2.20. The number of fused-ring (bicyclic) bond motifs is 1. The Morgan fingerprint density at radius 2 is 2.28 bits per heavy atom. The van der Waals surface area contributed by atoms with E-state index < -0.39 is 0 Å². The minimum atomic E-state index is 0.0347. The van der Waals surface area contributed by atoms with Gasteiger partial charge < -0.3 is 9.88 Å². The van der Waals surface area contributed by atoms with E-state index in [1.165, 1.54) is 0 Å². The molecular weight excluding hydrogens is 228 g/mol. The largest absolute Gasteiger partial charge is 0.317 e. The molecule has 0 amide bonds. The number of rotatable bonds is 6. The predicted octanol–water partition coefficient (Wildman–Crippen LogP) is 1.27. The summed E-state index contributed by atoms with van der Waals surface area (Å²) in [5, 5.41) is 7.33. The standard InChI is InChI=1S/C13H20N4O/c1-3-11(14-2)5-4-8-16-9-10-17-12(13(16)18)6-7-15-17/h6-7,9-11,14H,3-5,8H2,1-2H3. The molecule has 5 nitrogen and oxygen atoms in total. The van der Waals surface area contributed by atoms with Crippen LogP contribution in [0.5, 0.6) is 0 Å². The Bertz CT molecular complexity index is 553. The van der Waals surface area contributed by atoms with Crippen molar-refractivity contribution in [1.82, 2.24) is 19.5 Å². The SMILES string of the molecule is CCC(CCCn1ccn2nccc2c1=O)NC. The highest BCUT2D eigenvalue weighted by atomic mass is 16.1. The molecule has 0 aliphatic carbocycles. The molecule has 0 bridgehead atoms. The van der Waals surface area contributed by atoms with Crippen molar-refractivity contribution in [2.75, 3.05) is 7.05 Å². The average molecular weight is 248 g/mol. The Labute approximate surface area is 106 Å². The van der Waals surface area contributed by atoms with Gasteiger partial charge in [-0.3, -0.25) is 4.79 Å². The van der Waals surface area contributed by atoms with Crippen LogP contribution in [0.25, 0.3) is 5.52 Å². The van der Waals surface area contributed by atoms with E-state index in [0.29, 0.717) is 11.6 Å². The Kier molecular flexibility index (Phi) is 4.15. The lowest BCUT2D eigenvalue weighted by Crippen LogP contribution is -2.26. The van der Waals surface area contributed by atoms with Gasteiger partial charge in [-0.15, -0.1) is 0 Å². The number of nitrogens with zero attached hydrogens (tertiary/aromatic N) is 3. The van der Waals surface area contributed by atoms with Crippen LogP contribution in [0, 0.1) is 0 Å². The maximum atomic E-state index is 12.1. The summed E-state index contributed by atoms with van der Waals surface area (Å²) in [7, 11) is 1.98. The summed E-state index contributed by atoms with van der Waals surface area (Å²) in [6.07, 6.45) is 8.49. The third kappa shape index (κ3) is 2.61. The van der Waals surface area contributed by atoms with E-state index >= 15 is 0 Å². The summed E-state index contributed by atoms with van der Waals surface area (Å²) in [6, 6.07) is 2.29. The van der Waals surface area contributed by atoms with Gasteiger partial charge in [0.2, 0.25) is 0 Å². The highest BCUT2D eigenvalue weighted by Gasteiger charge is 2.05. The molecule has 2 aromatic rings. The molecule has 2 rings (SSSR count). The lowest BCUT2D eigenvalue weighted by Gasteiger charge is -2.13. The molecule has 98 valence electrons. The van der Waals surface area contributed by atoms with Crippen LogP contribution in [-0.2, 0) is 6.54 Å². The summed E-state index contributed by atoms with van der Waals surface area (Å²) in [6.45, 7) is 2.93. The van der Waals surface area contributed by atoms with Crippen molar-refractivity contribution in [1.29, 1.82) is 0 Å². The Morgan fingerprint density at radius 1 is 1.44 bits per heavy atom. The summed E-state index contributed by atoms with van der Waals surface area (Å²) in [5.41, 5.74) is 0.672. The van der Waals surface area contributed by atoms with Gasteiger partial charge in [0.05, 0.1) is 6.20 Å². The fraction of sp³-hybridized carbons (Fsp3) is 0.538. The molecule has 1 atom stereocenters. The fourth-order valence-corrected chi connectivity index (χ4v) is 2.20. The van der Waals surface area contributed by atoms with Gasteiger partial charge in [-0.2, -0.15) is 5.10 Å². The molecule has 0 saturated heterocycles. The molecule has 2 heterocycles. The number of aromatic nitrogens is 3. The van der Waals surface area contributed by atoms with E-state index in [-0.39, 0.29) is 5.56 Å². The Hall–Kier alpha value is -1.62. The lowest BCUT2D eigenvalue weighted by molar-refractivity contribution is 0.465. The van der Waals surface area contributed by atoms with Crippen molar-refractivity contribution in [3.8, 4) is 0 Å². The first-order valence-corrected chi connectivity index (χ1v) is 6.46. The van der Waals surface area contributed by atoms with E-state index in [1.807, 2.05) is 19.4 Å². The Morgan fingerprint density at radius 3 is 3.00 bits per heavy atom. The number of nitrogens with one attached hydrogen (secondary N) is 1. The zero-order valence-electron chi connectivity index (χ0n) is 11.0. The smallest absolute Gasteiger partial charge is 0.276 e. The van der Waals surface area contributed by atoms with Gasteiger partial charge >= 0.3 is 0 Å². The quantitative estimate of drug-likeness (QED) is 0.837. The van der Waals surface area contributed by atoms with Gasteiger partial charge in [-0.25, -0.2) is 4.52 Å². The molecule has 2 aromatic heterocycles. The molecule has 1 unspecified atom stereocenters. The number of hydrogen-bond acceptors (Lipinski definition) is 3. The van der Waals surface area contributed by atoms with Gasteiger partial charge in [0.25, 0.3) is 5.56 Å². The maximum Gasteiger partial charge on any atom is 0.276 e. The van der Waals surface area contributed by atoms with Gasteiger partial charge in [-0.1, -0.05) is 6.92 Å². The molecule has 1 N–H and O–H groups in total. The van der Waals surface area contributed by atoms with Crippen LogP contribution < -0.4 is 10.9 Å². The van der Waals surface area contributed by atoms with E-state index in [1.54, 1.807) is 21.3 Å². The lowest BCUT2D eigenvalue weighted by atomic mass is 10.1. The topological polar surface area (TPSA) is 51.3 Å². The van der Waals surface area contributed by atoms with Crippen LogP contribution in [0.4, 0.5) is 0 Å². The third-order valence-corrected chi connectivity index (χ3v) is 3.39. The molecule has 0 fully saturated rings. The minimum absolute atomic E-state index is 0.0347. The second-order valence-electron chi connectivity index (χ2n) is 4.49. The van der Waals surface area contributed by atoms with Gasteiger partial charge in [-0.05, 0) is 32.4 Å². The van der Waals surface area contributed by atoms with Gasteiger partial charge in [0.15, 0.2) is 0 Å². The zero-order valence-corrected chi connectivity index (χ0v) is 11.0. The second kappa shape index (κ2) is 5.82. The molecule has 5 heteroatoms. The predicted molar refractivity (Wildman–Crippen MR) is 71.8 cm³/mol. The Balaban J connectivity index is 2.03. The van der Waals surface area contributed by atoms with E-state index in [9.17, 15) is 4.79 Å². The summed E-state index contributed by atoms with van der Waals surface area (Å²) in [5.74, 6) is 0. The molecule has 0 radical (unpaired) electrons. The number of hydrogen-bond donors (Lipinski definition) is 1. The number of aryl methyl sites for hydroxylation is 1. The molecule has 18 heavy (non-hydrogen) atoms. The first kappa shape index (κ1) is 12.8. The monoisotopic (exact) mass is 248 g/mol. The van der Waals surface area contributed by atoms with Crippen LogP contribution in [0.2, 0.25) is 0 Å². The van der Waals surface area contributed by atoms with E-state index in [4.69, 9.17) is 0 Å². The van der Waals surface area contributed by atoms with Crippen LogP contribution in [-0.4, -0.2) is 27.3 Å².